The van der Waals surface area contributed by atoms with E-state index >= 15 is 0 Å². The zero-order valence-corrected chi connectivity index (χ0v) is 22.4. The molecule has 0 radical (unpaired) electrons. The van der Waals surface area contributed by atoms with E-state index in [2.05, 4.69) is 13.0 Å². The smallest absolute Gasteiger partial charge is 0.152 e. The van der Waals surface area contributed by atoms with E-state index in [9.17, 15) is 18.8 Å². The standard InChI is InChI=1S/C29H34N2O3S2/c1-2-3-4-5-6-13-18-36(33,34)22-25(32)21-35-29-27(20-30)26(23-14-9-7-10-15-23)19-28(31-29)24-16-11-8-12-17-24/h7-12,14-17,19,25,32H,2-6,13,18,21-22H2,1H3/t25-/m0/s1. The minimum Gasteiger partial charge on any atom is -0.391 e. The fraction of sp³-hybridized carbons (Fsp3) is 0.379. The summed E-state index contributed by atoms with van der Waals surface area (Å²) in [6.07, 6.45) is 5.02. The second-order valence-electron chi connectivity index (χ2n) is 8.93. The Morgan fingerprint density at radius 1 is 0.944 bits per heavy atom. The maximum absolute atomic E-state index is 12.5. The van der Waals surface area contributed by atoms with Crippen molar-refractivity contribution >= 4 is 21.6 Å². The molecule has 0 saturated carbocycles. The van der Waals surface area contributed by atoms with Crippen molar-refractivity contribution in [3.8, 4) is 28.5 Å². The lowest BCUT2D eigenvalue weighted by molar-refractivity contribution is 0.222. The summed E-state index contributed by atoms with van der Waals surface area (Å²) in [7, 11) is -3.34. The van der Waals surface area contributed by atoms with Crippen LogP contribution in [0.5, 0.6) is 0 Å². The van der Waals surface area contributed by atoms with E-state index in [1.165, 1.54) is 18.2 Å². The number of nitriles is 1. The second kappa shape index (κ2) is 14.2. The van der Waals surface area contributed by atoms with Crippen LogP contribution in [0.2, 0.25) is 0 Å². The number of benzene rings is 2. The molecular formula is C29H34N2O3S2. The predicted molar refractivity (Wildman–Crippen MR) is 149 cm³/mol. The zero-order chi connectivity index (χ0) is 25.8. The van der Waals surface area contributed by atoms with Gasteiger partial charge in [-0.3, -0.25) is 0 Å². The third-order valence-electron chi connectivity index (χ3n) is 5.92. The first-order chi connectivity index (χ1) is 17.4. The third kappa shape index (κ3) is 8.48. The number of sulfone groups is 1. The molecule has 2 aromatic carbocycles. The molecule has 1 heterocycles. The van der Waals surface area contributed by atoms with E-state index in [0.29, 0.717) is 17.0 Å². The van der Waals surface area contributed by atoms with Crippen molar-refractivity contribution in [1.82, 2.24) is 4.98 Å². The Hall–Kier alpha value is -2.66. The summed E-state index contributed by atoms with van der Waals surface area (Å²) < 4.78 is 25.0. The molecule has 1 N–H and O–H groups in total. The van der Waals surface area contributed by atoms with Gasteiger partial charge in [-0.25, -0.2) is 13.4 Å². The zero-order valence-electron chi connectivity index (χ0n) is 20.8. The molecule has 3 aromatic rings. The largest absolute Gasteiger partial charge is 0.391 e. The Labute approximate surface area is 219 Å². The molecule has 36 heavy (non-hydrogen) atoms. The molecule has 0 bridgehead atoms. The predicted octanol–water partition coefficient (Wildman–Crippen LogP) is 6.52. The van der Waals surface area contributed by atoms with Gasteiger partial charge in [-0.2, -0.15) is 5.26 Å². The Morgan fingerprint density at radius 2 is 1.56 bits per heavy atom. The highest BCUT2D eigenvalue weighted by Gasteiger charge is 2.20. The van der Waals surface area contributed by atoms with Crippen LogP contribution in [0.15, 0.2) is 71.8 Å². The van der Waals surface area contributed by atoms with Gasteiger partial charge in [-0.1, -0.05) is 99.7 Å². The molecule has 3 rings (SSSR count). The lowest BCUT2D eigenvalue weighted by atomic mass is 9.99. The Bertz CT molecular complexity index is 1240. The Balaban J connectivity index is 1.74. The quantitative estimate of drug-likeness (QED) is 0.192. The Kier molecular flexibility index (Phi) is 11.0. The normalized spacial score (nSPS) is 12.2. The lowest BCUT2D eigenvalue weighted by Gasteiger charge is -2.15. The minimum absolute atomic E-state index is 0.101. The number of unbranched alkanes of at least 4 members (excludes halogenated alkanes) is 5. The summed E-state index contributed by atoms with van der Waals surface area (Å²) in [5.74, 6) is -0.0329. The molecule has 0 saturated heterocycles. The fourth-order valence-electron chi connectivity index (χ4n) is 4.04. The van der Waals surface area contributed by atoms with Gasteiger partial charge < -0.3 is 5.11 Å². The van der Waals surface area contributed by atoms with Gasteiger partial charge >= 0.3 is 0 Å². The van der Waals surface area contributed by atoms with Gasteiger partial charge in [0.2, 0.25) is 0 Å². The van der Waals surface area contributed by atoms with Crippen LogP contribution >= 0.6 is 11.8 Å². The number of nitrogens with zero attached hydrogens (tertiary/aromatic N) is 2. The number of pyridine rings is 1. The van der Waals surface area contributed by atoms with Crippen LogP contribution < -0.4 is 0 Å². The fourth-order valence-corrected chi connectivity index (χ4v) is 6.63. The maximum Gasteiger partial charge on any atom is 0.152 e. The molecule has 7 heteroatoms. The van der Waals surface area contributed by atoms with Crippen LogP contribution in [0, 0.1) is 11.3 Å². The summed E-state index contributed by atoms with van der Waals surface area (Å²) in [5.41, 5.74) is 3.73. The first-order valence-corrected chi connectivity index (χ1v) is 15.3. The molecule has 0 unspecified atom stereocenters. The first kappa shape index (κ1) is 27.9. The van der Waals surface area contributed by atoms with Crippen LogP contribution in [-0.2, 0) is 9.84 Å². The van der Waals surface area contributed by atoms with Gasteiger partial charge in [0.05, 0.1) is 28.9 Å². The van der Waals surface area contributed by atoms with Crippen molar-refractivity contribution < 1.29 is 13.5 Å². The summed E-state index contributed by atoms with van der Waals surface area (Å²) >= 11 is 1.23. The highest BCUT2D eigenvalue weighted by Crippen LogP contribution is 2.34. The molecule has 0 aliphatic heterocycles. The van der Waals surface area contributed by atoms with Crippen LogP contribution in [-0.4, -0.2) is 41.9 Å². The SMILES string of the molecule is CCCCCCCCS(=O)(=O)C[C@@H](O)CSc1nc(-c2ccccc2)cc(-c2ccccc2)c1C#N. The highest BCUT2D eigenvalue weighted by molar-refractivity contribution is 7.99. The van der Waals surface area contributed by atoms with Gasteiger partial charge in [-0.15, -0.1) is 11.8 Å². The third-order valence-corrected chi connectivity index (χ3v) is 8.84. The van der Waals surface area contributed by atoms with Crippen LogP contribution in [0.3, 0.4) is 0 Å². The van der Waals surface area contributed by atoms with Crippen LogP contribution in [0.1, 0.15) is 51.0 Å². The average Bonchev–Trinajstić information content (AvgIpc) is 2.89. The number of rotatable bonds is 14. The number of aliphatic hydroxyl groups excluding tert-OH is 1. The molecule has 1 atom stereocenters. The van der Waals surface area contributed by atoms with Crippen molar-refractivity contribution in [2.45, 2.75) is 56.6 Å². The minimum atomic E-state index is -3.34. The second-order valence-corrected chi connectivity index (χ2v) is 12.2. The Morgan fingerprint density at radius 3 is 2.19 bits per heavy atom. The molecule has 190 valence electrons. The number of aliphatic hydroxyl groups is 1. The van der Waals surface area contributed by atoms with Crippen molar-refractivity contribution in [2.24, 2.45) is 0 Å². The molecule has 1 aromatic heterocycles. The number of thioether (sulfide) groups is 1. The molecule has 0 spiro atoms. The van der Waals surface area contributed by atoms with Crippen molar-refractivity contribution in [3.05, 3.63) is 72.3 Å². The average molecular weight is 523 g/mol. The van der Waals surface area contributed by atoms with E-state index < -0.39 is 15.9 Å². The molecule has 5 nitrogen and oxygen atoms in total. The molecule has 0 fully saturated rings. The number of aromatic nitrogens is 1. The van der Waals surface area contributed by atoms with E-state index in [1.807, 2.05) is 66.7 Å². The van der Waals surface area contributed by atoms with Crippen molar-refractivity contribution in [3.63, 3.8) is 0 Å². The first-order valence-electron chi connectivity index (χ1n) is 12.5. The van der Waals surface area contributed by atoms with Crippen molar-refractivity contribution in [2.75, 3.05) is 17.3 Å². The summed E-state index contributed by atoms with van der Waals surface area (Å²) in [6.45, 7) is 2.15. The molecular weight excluding hydrogens is 488 g/mol. The highest BCUT2D eigenvalue weighted by atomic mass is 32.2. The van der Waals surface area contributed by atoms with Crippen LogP contribution in [0.25, 0.3) is 22.4 Å². The van der Waals surface area contributed by atoms with Crippen LogP contribution in [0.4, 0.5) is 0 Å². The number of hydrogen-bond acceptors (Lipinski definition) is 6. The van der Waals surface area contributed by atoms with E-state index in [1.54, 1.807) is 0 Å². The number of hydrogen-bond donors (Lipinski definition) is 1. The van der Waals surface area contributed by atoms with Gasteiger partial charge in [0.25, 0.3) is 0 Å². The monoisotopic (exact) mass is 522 g/mol. The van der Waals surface area contributed by atoms with Gasteiger partial charge in [0.15, 0.2) is 9.84 Å². The topological polar surface area (TPSA) is 91.1 Å². The molecule has 0 aliphatic carbocycles. The van der Waals surface area contributed by atoms with Gasteiger partial charge in [0.1, 0.15) is 11.1 Å². The van der Waals surface area contributed by atoms with Gasteiger partial charge in [0, 0.05) is 16.9 Å². The molecule has 0 aliphatic rings. The van der Waals surface area contributed by atoms with E-state index in [4.69, 9.17) is 4.98 Å². The van der Waals surface area contributed by atoms with Gasteiger partial charge in [-0.05, 0) is 18.1 Å². The lowest BCUT2D eigenvalue weighted by Crippen LogP contribution is -2.25. The molecule has 0 amide bonds. The van der Waals surface area contributed by atoms with Crippen molar-refractivity contribution in [1.29, 1.82) is 5.26 Å². The summed E-state index contributed by atoms with van der Waals surface area (Å²) in [6, 6.07) is 23.6. The summed E-state index contributed by atoms with van der Waals surface area (Å²) in [5, 5.41) is 21.0. The van der Waals surface area contributed by atoms with E-state index in [0.717, 1.165) is 48.1 Å². The summed E-state index contributed by atoms with van der Waals surface area (Å²) in [4.78, 5) is 4.73. The maximum atomic E-state index is 12.5. The van der Waals surface area contributed by atoms with E-state index in [-0.39, 0.29) is 17.3 Å².